The molecule has 0 aromatic heterocycles. The molecule has 0 unspecified atom stereocenters. The standard InChI is InChI=1S/C22H26Cl2N2O2S/c1-3-12-25-22(28)16(2)26(15-17-9-10-19(23)20(24)14-17)21(27)11-13-29-18-7-5-4-6-8-18/h4-10,14,16H,3,11-13,15H2,1-2H3,(H,25,28)/t16-/m1/s1. The van der Waals surface area contributed by atoms with Crippen LogP contribution in [0.4, 0.5) is 0 Å². The van der Waals surface area contributed by atoms with Gasteiger partial charge in [0.15, 0.2) is 0 Å². The van der Waals surface area contributed by atoms with Crippen molar-refractivity contribution in [2.45, 2.75) is 44.2 Å². The zero-order valence-electron chi connectivity index (χ0n) is 16.7. The number of rotatable bonds is 10. The molecule has 29 heavy (non-hydrogen) atoms. The van der Waals surface area contributed by atoms with Crippen LogP contribution in [0.3, 0.4) is 0 Å². The Morgan fingerprint density at radius 1 is 1.10 bits per heavy atom. The van der Waals surface area contributed by atoms with Gasteiger partial charge in [-0.3, -0.25) is 9.59 Å². The molecule has 0 saturated carbocycles. The topological polar surface area (TPSA) is 49.4 Å². The number of benzene rings is 2. The predicted molar refractivity (Wildman–Crippen MR) is 122 cm³/mol. The Bertz CT molecular complexity index is 818. The van der Waals surface area contributed by atoms with Crippen LogP contribution < -0.4 is 5.32 Å². The van der Waals surface area contributed by atoms with Gasteiger partial charge in [-0.15, -0.1) is 11.8 Å². The van der Waals surface area contributed by atoms with Gasteiger partial charge in [0, 0.05) is 30.2 Å². The number of carbonyl (C=O) groups is 2. The lowest BCUT2D eigenvalue weighted by Crippen LogP contribution is -2.47. The molecule has 1 atom stereocenters. The summed E-state index contributed by atoms with van der Waals surface area (Å²) in [5.74, 6) is 0.416. The van der Waals surface area contributed by atoms with E-state index in [1.165, 1.54) is 0 Å². The van der Waals surface area contributed by atoms with Gasteiger partial charge in [0.25, 0.3) is 0 Å². The molecule has 7 heteroatoms. The van der Waals surface area contributed by atoms with E-state index in [1.54, 1.807) is 35.7 Å². The van der Waals surface area contributed by atoms with Crippen molar-refractivity contribution in [3.8, 4) is 0 Å². The van der Waals surface area contributed by atoms with E-state index < -0.39 is 6.04 Å². The zero-order valence-corrected chi connectivity index (χ0v) is 19.0. The summed E-state index contributed by atoms with van der Waals surface area (Å²) in [4.78, 5) is 28.2. The van der Waals surface area contributed by atoms with Gasteiger partial charge in [-0.25, -0.2) is 0 Å². The molecule has 0 aliphatic heterocycles. The number of thioether (sulfide) groups is 1. The van der Waals surface area contributed by atoms with Crippen LogP contribution in [0, 0.1) is 0 Å². The first-order valence-corrected chi connectivity index (χ1v) is 11.4. The van der Waals surface area contributed by atoms with E-state index in [0.29, 0.717) is 35.3 Å². The third-order valence-electron chi connectivity index (χ3n) is 4.38. The molecule has 0 fully saturated rings. The summed E-state index contributed by atoms with van der Waals surface area (Å²) in [7, 11) is 0. The highest BCUT2D eigenvalue weighted by Crippen LogP contribution is 2.24. The fourth-order valence-electron chi connectivity index (χ4n) is 2.73. The van der Waals surface area contributed by atoms with Gasteiger partial charge in [0.05, 0.1) is 10.0 Å². The monoisotopic (exact) mass is 452 g/mol. The molecular weight excluding hydrogens is 427 g/mol. The average Bonchev–Trinajstić information content (AvgIpc) is 2.72. The Hall–Kier alpha value is -1.69. The second-order valence-electron chi connectivity index (χ2n) is 6.65. The largest absolute Gasteiger partial charge is 0.354 e. The van der Waals surface area contributed by atoms with Crippen molar-refractivity contribution >= 4 is 46.8 Å². The second-order valence-corrected chi connectivity index (χ2v) is 8.63. The van der Waals surface area contributed by atoms with Gasteiger partial charge in [-0.05, 0) is 43.2 Å². The van der Waals surface area contributed by atoms with Gasteiger partial charge in [-0.2, -0.15) is 0 Å². The maximum atomic E-state index is 13.0. The summed E-state index contributed by atoms with van der Waals surface area (Å²) in [5, 5.41) is 3.76. The van der Waals surface area contributed by atoms with E-state index in [4.69, 9.17) is 23.2 Å². The molecule has 2 rings (SSSR count). The quantitative estimate of drug-likeness (QED) is 0.489. The number of hydrogen-bond acceptors (Lipinski definition) is 3. The Kier molecular flexibility index (Phi) is 9.85. The van der Waals surface area contributed by atoms with Crippen LogP contribution in [0.1, 0.15) is 32.3 Å². The molecule has 0 spiro atoms. The molecule has 156 valence electrons. The maximum absolute atomic E-state index is 13.0. The molecule has 1 N–H and O–H groups in total. The van der Waals surface area contributed by atoms with Crippen molar-refractivity contribution in [1.29, 1.82) is 0 Å². The Labute approximate surface area is 187 Å². The molecule has 0 radical (unpaired) electrons. The van der Waals surface area contributed by atoms with Crippen molar-refractivity contribution in [3.63, 3.8) is 0 Å². The van der Waals surface area contributed by atoms with Gasteiger partial charge in [0.2, 0.25) is 11.8 Å². The van der Waals surface area contributed by atoms with E-state index in [2.05, 4.69) is 5.32 Å². The van der Waals surface area contributed by atoms with Crippen molar-refractivity contribution in [1.82, 2.24) is 10.2 Å². The summed E-state index contributed by atoms with van der Waals surface area (Å²) in [6.07, 6.45) is 1.18. The van der Waals surface area contributed by atoms with Crippen LogP contribution in [-0.2, 0) is 16.1 Å². The van der Waals surface area contributed by atoms with Crippen LogP contribution in [0.2, 0.25) is 10.0 Å². The summed E-state index contributed by atoms with van der Waals surface area (Å²) in [6, 6.07) is 14.6. The van der Waals surface area contributed by atoms with Gasteiger partial charge < -0.3 is 10.2 Å². The van der Waals surface area contributed by atoms with Gasteiger partial charge in [0.1, 0.15) is 6.04 Å². The van der Waals surface area contributed by atoms with E-state index >= 15 is 0 Å². The average molecular weight is 453 g/mol. The fraction of sp³-hybridized carbons (Fsp3) is 0.364. The van der Waals surface area contributed by atoms with Crippen LogP contribution >= 0.6 is 35.0 Å². The Morgan fingerprint density at radius 3 is 2.48 bits per heavy atom. The summed E-state index contributed by atoms with van der Waals surface area (Å²) >= 11 is 13.7. The number of nitrogens with one attached hydrogen (secondary N) is 1. The lowest BCUT2D eigenvalue weighted by Gasteiger charge is -2.29. The number of hydrogen-bond donors (Lipinski definition) is 1. The first-order chi connectivity index (χ1) is 13.9. The highest BCUT2D eigenvalue weighted by atomic mass is 35.5. The van der Waals surface area contributed by atoms with E-state index in [9.17, 15) is 9.59 Å². The molecule has 0 aliphatic carbocycles. The number of amides is 2. The van der Waals surface area contributed by atoms with Gasteiger partial charge >= 0.3 is 0 Å². The predicted octanol–water partition coefficient (Wildman–Crippen LogP) is 5.42. The lowest BCUT2D eigenvalue weighted by atomic mass is 10.1. The van der Waals surface area contributed by atoms with Crippen molar-refractivity contribution in [2.75, 3.05) is 12.3 Å². The SMILES string of the molecule is CCCNC(=O)[C@@H](C)N(Cc1ccc(Cl)c(Cl)c1)C(=O)CCSc1ccccc1. The lowest BCUT2D eigenvalue weighted by molar-refractivity contribution is -0.140. The minimum Gasteiger partial charge on any atom is -0.354 e. The Morgan fingerprint density at radius 2 is 1.83 bits per heavy atom. The summed E-state index contributed by atoms with van der Waals surface area (Å²) < 4.78 is 0. The molecule has 0 aliphatic rings. The van der Waals surface area contributed by atoms with Crippen molar-refractivity contribution in [2.24, 2.45) is 0 Å². The second kappa shape index (κ2) is 12.1. The van der Waals surface area contributed by atoms with E-state index in [0.717, 1.165) is 16.9 Å². The molecule has 4 nitrogen and oxygen atoms in total. The number of carbonyl (C=O) groups excluding carboxylic acids is 2. The van der Waals surface area contributed by atoms with Crippen molar-refractivity contribution in [3.05, 3.63) is 64.1 Å². The third-order valence-corrected chi connectivity index (χ3v) is 6.13. The highest BCUT2D eigenvalue weighted by Gasteiger charge is 2.25. The fourth-order valence-corrected chi connectivity index (χ4v) is 3.91. The smallest absolute Gasteiger partial charge is 0.242 e. The normalized spacial score (nSPS) is 11.7. The molecule has 2 amide bonds. The maximum Gasteiger partial charge on any atom is 0.242 e. The summed E-state index contributed by atoms with van der Waals surface area (Å²) in [5.41, 5.74) is 0.832. The van der Waals surface area contributed by atoms with E-state index in [-0.39, 0.29) is 11.8 Å². The molecule has 0 heterocycles. The minimum atomic E-state index is -0.578. The minimum absolute atomic E-state index is 0.0707. The van der Waals surface area contributed by atoms with Crippen LogP contribution in [0.15, 0.2) is 53.4 Å². The number of halogens is 2. The highest BCUT2D eigenvalue weighted by molar-refractivity contribution is 7.99. The van der Waals surface area contributed by atoms with Crippen LogP contribution in [0.25, 0.3) is 0 Å². The first kappa shape index (κ1) is 23.6. The molecular formula is C22H26Cl2N2O2S. The van der Waals surface area contributed by atoms with E-state index in [1.807, 2.05) is 43.3 Å². The summed E-state index contributed by atoms with van der Waals surface area (Å²) in [6.45, 7) is 4.63. The molecule has 0 saturated heterocycles. The molecule has 2 aromatic rings. The van der Waals surface area contributed by atoms with Crippen LogP contribution in [0.5, 0.6) is 0 Å². The molecule has 0 bridgehead atoms. The Balaban J connectivity index is 2.08. The molecule has 2 aromatic carbocycles. The van der Waals surface area contributed by atoms with Crippen LogP contribution in [-0.4, -0.2) is 35.1 Å². The van der Waals surface area contributed by atoms with Crippen molar-refractivity contribution < 1.29 is 9.59 Å². The number of nitrogens with zero attached hydrogens (tertiary/aromatic N) is 1. The first-order valence-electron chi connectivity index (χ1n) is 9.61. The third kappa shape index (κ3) is 7.57. The zero-order chi connectivity index (χ0) is 21.2. The van der Waals surface area contributed by atoms with Gasteiger partial charge in [-0.1, -0.05) is 54.4 Å².